The van der Waals surface area contributed by atoms with E-state index in [-0.39, 0.29) is 29.8 Å². The monoisotopic (exact) mass is 277 g/mol. The van der Waals surface area contributed by atoms with Crippen LogP contribution in [0.4, 0.5) is 0 Å². The second-order valence-electron chi connectivity index (χ2n) is 4.60. The summed E-state index contributed by atoms with van der Waals surface area (Å²) in [4.78, 5) is 37.7. The quantitative estimate of drug-likeness (QED) is 0.713. The number of hydrogen-bond acceptors (Lipinski definition) is 4. The summed E-state index contributed by atoms with van der Waals surface area (Å²) < 4.78 is 0. The fourth-order valence-electron chi connectivity index (χ4n) is 1.99. The minimum Gasteiger partial charge on any atom is -0.478 e. The van der Waals surface area contributed by atoms with Crippen LogP contribution < -0.4 is 10.6 Å². The molecule has 1 atom stereocenters. The Kier molecular flexibility index (Phi) is 4.29. The number of aromatic nitrogens is 1. The maximum absolute atomic E-state index is 11.9. The number of carboxylic acids is 1. The summed E-state index contributed by atoms with van der Waals surface area (Å²) in [5.41, 5.74) is 0.618. The van der Waals surface area contributed by atoms with E-state index in [9.17, 15) is 14.4 Å². The Balaban J connectivity index is 1.88. The van der Waals surface area contributed by atoms with E-state index in [4.69, 9.17) is 5.11 Å². The number of pyridine rings is 1. The first kappa shape index (κ1) is 14.0. The van der Waals surface area contributed by atoms with Gasteiger partial charge in [-0.25, -0.2) is 4.79 Å². The van der Waals surface area contributed by atoms with Gasteiger partial charge < -0.3 is 15.7 Å². The molecule has 0 aromatic carbocycles. The van der Waals surface area contributed by atoms with E-state index in [2.05, 4.69) is 15.6 Å². The first-order chi connectivity index (χ1) is 9.56. The van der Waals surface area contributed by atoms with Crippen LogP contribution in [0.1, 0.15) is 28.9 Å². The lowest BCUT2D eigenvalue weighted by molar-refractivity contribution is -0.129. The van der Waals surface area contributed by atoms with Gasteiger partial charge in [0.05, 0.1) is 23.7 Å². The molecule has 7 heteroatoms. The third kappa shape index (κ3) is 3.53. The molecule has 1 aromatic rings. The van der Waals surface area contributed by atoms with Crippen molar-refractivity contribution in [2.45, 2.75) is 19.4 Å². The van der Waals surface area contributed by atoms with E-state index < -0.39 is 5.97 Å². The van der Waals surface area contributed by atoms with Crippen LogP contribution in [-0.2, 0) is 16.1 Å². The number of nitrogens with one attached hydrogen (secondary N) is 2. The molecule has 1 fully saturated rings. The molecule has 7 nitrogen and oxygen atoms in total. The van der Waals surface area contributed by atoms with Crippen molar-refractivity contribution in [3.8, 4) is 0 Å². The van der Waals surface area contributed by atoms with Crippen molar-refractivity contribution < 1.29 is 19.5 Å². The maximum atomic E-state index is 11.9. The summed E-state index contributed by atoms with van der Waals surface area (Å²) >= 11 is 0. The molecule has 0 saturated carbocycles. The first-order valence-corrected chi connectivity index (χ1v) is 6.29. The zero-order chi connectivity index (χ0) is 14.5. The predicted octanol–water partition coefficient (Wildman–Crippen LogP) is -0.0778. The molecule has 2 amide bonds. The highest BCUT2D eigenvalue weighted by molar-refractivity contribution is 5.87. The number of nitrogens with zero attached hydrogens (tertiary/aromatic N) is 1. The molecule has 2 heterocycles. The molecule has 20 heavy (non-hydrogen) atoms. The van der Waals surface area contributed by atoms with Crippen LogP contribution in [0.25, 0.3) is 0 Å². The molecule has 1 aromatic heterocycles. The standard InChI is InChI=1S/C13H15N3O4/c17-11-2-1-9(6-15-11)12(18)16-7-10-5-8(13(19)20)3-4-14-10/h3-5,9H,1-2,6-7H2,(H,15,17)(H,16,18)(H,19,20). The van der Waals surface area contributed by atoms with Gasteiger partial charge in [0.2, 0.25) is 11.8 Å². The Labute approximate surface area is 115 Å². The second kappa shape index (κ2) is 6.14. The number of carbonyl (C=O) groups excluding carboxylic acids is 2. The summed E-state index contributed by atoms with van der Waals surface area (Å²) in [5, 5.41) is 14.2. The van der Waals surface area contributed by atoms with Crippen molar-refractivity contribution in [1.82, 2.24) is 15.6 Å². The molecule has 1 unspecified atom stereocenters. The van der Waals surface area contributed by atoms with Gasteiger partial charge >= 0.3 is 5.97 Å². The zero-order valence-corrected chi connectivity index (χ0v) is 10.8. The fraction of sp³-hybridized carbons (Fsp3) is 0.385. The highest BCUT2D eigenvalue weighted by atomic mass is 16.4. The molecule has 0 aliphatic carbocycles. The number of carboxylic acid groups (broad SMARTS) is 1. The Bertz CT molecular complexity index is 534. The zero-order valence-electron chi connectivity index (χ0n) is 10.8. The van der Waals surface area contributed by atoms with Gasteiger partial charge in [0, 0.05) is 19.2 Å². The van der Waals surface area contributed by atoms with Gasteiger partial charge in [-0.15, -0.1) is 0 Å². The van der Waals surface area contributed by atoms with Crippen LogP contribution in [0, 0.1) is 5.92 Å². The topological polar surface area (TPSA) is 108 Å². The molecule has 106 valence electrons. The van der Waals surface area contributed by atoms with E-state index in [1.54, 1.807) is 0 Å². The Morgan fingerprint density at radius 2 is 2.30 bits per heavy atom. The fourth-order valence-corrected chi connectivity index (χ4v) is 1.99. The summed E-state index contributed by atoms with van der Waals surface area (Å²) in [6.45, 7) is 0.512. The number of hydrogen-bond donors (Lipinski definition) is 3. The Hall–Kier alpha value is -2.44. The van der Waals surface area contributed by atoms with E-state index in [0.29, 0.717) is 25.1 Å². The first-order valence-electron chi connectivity index (χ1n) is 6.29. The van der Waals surface area contributed by atoms with Crippen molar-refractivity contribution >= 4 is 17.8 Å². The SMILES string of the molecule is O=C1CCC(C(=O)NCc2cc(C(=O)O)ccn2)CN1. The normalized spacial score (nSPS) is 18.2. The van der Waals surface area contributed by atoms with Gasteiger partial charge in [-0.05, 0) is 18.6 Å². The van der Waals surface area contributed by atoms with E-state index in [1.807, 2.05) is 0 Å². The van der Waals surface area contributed by atoms with Gasteiger partial charge in [0.1, 0.15) is 0 Å². The van der Waals surface area contributed by atoms with Gasteiger partial charge in [-0.2, -0.15) is 0 Å². The van der Waals surface area contributed by atoms with Crippen molar-refractivity contribution in [1.29, 1.82) is 0 Å². The molecule has 0 bridgehead atoms. The lowest BCUT2D eigenvalue weighted by atomic mass is 9.98. The van der Waals surface area contributed by atoms with Crippen molar-refractivity contribution in [3.05, 3.63) is 29.6 Å². The van der Waals surface area contributed by atoms with Gasteiger partial charge in [0.25, 0.3) is 0 Å². The predicted molar refractivity (Wildman–Crippen MR) is 68.8 cm³/mol. The molecule has 0 spiro atoms. The highest BCUT2D eigenvalue weighted by Crippen LogP contribution is 2.11. The minimum atomic E-state index is -1.03. The van der Waals surface area contributed by atoms with Crippen LogP contribution >= 0.6 is 0 Å². The Morgan fingerprint density at radius 1 is 1.50 bits per heavy atom. The van der Waals surface area contributed by atoms with Crippen molar-refractivity contribution in [2.24, 2.45) is 5.92 Å². The summed E-state index contributed by atoms with van der Waals surface area (Å²) in [6.07, 6.45) is 2.27. The molecule has 3 N–H and O–H groups in total. The smallest absolute Gasteiger partial charge is 0.335 e. The average molecular weight is 277 g/mol. The van der Waals surface area contributed by atoms with Crippen molar-refractivity contribution in [3.63, 3.8) is 0 Å². The van der Waals surface area contributed by atoms with Crippen LogP contribution in [0.3, 0.4) is 0 Å². The molecule has 0 radical (unpaired) electrons. The third-order valence-corrected chi connectivity index (χ3v) is 3.14. The minimum absolute atomic E-state index is 0.0372. The molecule has 1 aliphatic rings. The largest absolute Gasteiger partial charge is 0.478 e. The lowest BCUT2D eigenvalue weighted by Crippen LogP contribution is -2.42. The number of amides is 2. The average Bonchev–Trinajstić information content (AvgIpc) is 2.46. The number of piperidine rings is 1. The molecular weight excluding hydrogens is 262 g/mol. The van der Waals surface area contributed by atoms with Gasteiger partial charge in [-0.3, -0.25) is 14.6 Å². The van der Waals surface area contributed by atoms with E-state index >= 15 is 0 Å². The van der Waals surface area contributed by atoms with E-state index in [1.165, 1.54) is 18.3 Å². The lowest BCUT2D eigenvalue weighted by Gasteiger charge is -2.21. The second-order valence-corrected chi connectivity index (χ2v) is 4.60. The Morgan fingerprint density at radius 3 is 2.95 bits per heavy atom. The van der Waals surface area contributed by atoms with Crippen LogP contribution in [0.5, 0.6) is 0 Å². The van der Waals surface area contributed by atoms with Crippen LogP contribution in [0.2, 0.25) is 0 Å². The molecule has 1 saturated heterocycles. The van der Waals surface area contributed by atoms with Gasteiger partial charge in [0.15, 0.2) is 0 Å². The summed E-state index contributed by atoms with van der Waals surface area (Å²) in [6, 6.07) is 2.82. The van der Waals surface area contributed by atoms with Crippen LogP contribution in [-0.4, -0.2) is 34.4 Å². The molecule has 1 aliphatic heterocycles. The summed E-state index contributed by atoms with van der Waals surface area (Å²) in [5.74, 6) is -1.47. The van der Waals surface area contributed by atoms with Crippen LogP contribution in [0.15, 0.2) is 18.3 Å². The third-order valence-electron chi connectivity index (χ3n) is 3.14. The number of carbonyl (C=O) groups is 3. The summed E-state index contributed by atoms with van der Waals surface area (Å²) in [7, 11) is 0. The number of aromatic carboxylic acids is 1. The molecule has 2 rings (SSSR count). The highest BCUT2D eigenvalue weighted by Gasteiger charge is 2.24. The maximum Gasteiger partial charge on any atom is 0.335 e. The molecular formula is C13H15N3O4. The van der Waals surface area contributed by atoms with Gasteiger partial charge in [-0.1, -0.05) is 0 Å². The van der Waals surface area contributed by atoms with Crippen molar-refractivity contribution in [2.75, 3.05) is 6.54 Å². The number of rotatable bonds is 4. The van der Waals surface area contributed by atoms with E-state index in [0.717, 1.165) is 0 Å².